The monoisotopic (exact) mass is 432 g/mol. The molecule has 0 aliphatic rings. The highest BCUT2D eigenvalue weighted by atomic mass is 32.1. The van der Waals surface area contributed by atoms with Crippen LogP contribution in [0.3, 0.4) is 0 Å². The molecule has 0 aliphatic heterocycles. The second-order valence-electron chi connectivity index (χ2n) is 7.25. The van der Waals surface area contributed by atoms with Gasteiger partial charge in [0.25, 0.3) is 11.7 Å². The van der Waals surface area contributed by atoms with E-state index in [0.717, 1.165) is 32.4 Å². The molecule has 0 radical (unpaired) electrons. The molecule has 0 saturated carbocycles. The Labute approximate surface area is 184 Å². The molecule has 0 spiro atoms. The highest BCUT2D eigenvalue weighted by Crippen LogP contribution is 2.40. The third kappa shape index (κ3) is 4.64. The molecular weight excluding hydrogens is 409 g/mol. The van der Waals surface area contributed by atoms with Crippen molar-refractivity contribution in [1.82, 2.24) is 0 Å². The number of carbonyl (C=O) groups is 1. The SMILES string of the molecule is Cc1sc(NC(=O)c2ccccc2)c([C@H](Nc2cccc[nH+]2)c2ccc(F)cc2)c1C. The number of aryl methyl sites for hydroxylation is 1. The number of rotatable bonds is 6. The molecule has 1 amide bonds. The Morgan fingerprint density at radius 3 is 2.35 bits per heavy atom. The number of benzene rings is 2. The van der Waals surface area contributed by atoms with Gasteiger partial charge in [-0.2, -0.15) is 0 Å². The Bertz CT molecular complexity index is 1170. The van der Waals surface area contributed by atoms with Crippen molar-refractivity contribution in [2.75, 3.05) is 10.6 Å². The first-order valence-corrected chi connectivity index (χ1v) is 10.8. The van der Waals surface area contributed by atoms with Crippen LogP contribution in [0, 0.1) is 19.7 Å². The molecule has 2 heterocycles. The van der Waals surface area contributed by atoms with Crippen LogP contribution < -0.4 is 15.6 Å². The van der Waals surface area contributed by atoms with Gasteiger partial charge < -0.3 is 5.32 Å². The zero-order chi connectivity index (χ0) is 21.8. The number of anilines is 2. The molecule has 31 heavy (non-hydrogen) atoms. The second-order valence-corrected chi connectivity index (χ2v) is 8.48. The van der Waals surface area contributed by atoms with Crippen molar-refractivity contribution >= 4 is 28.1 Å². The standard InChI is InChI=1S/C25H22FN3OS/c1-16-17(2)31-25(29-24(30)19-8-4-3-5-9-19)22(16)23(18-11-13-20(26)14-12-18)28-21-10-6-7-15-27-21/h3-15,23H,1-2H3,(H,27,28)(H,29,30)/p+1/t23-/m1/s1. The van der Waals surface area contributed by atoms with E-state index in [0.29, 0.717) is 5.56 Å². The van der Waals surface area contributed by atoms with Crippen molar-refractivity contribution in [2.45, 2.75) is 19.9 Å². The lowest BCUT2D eigenvalue weighted by molar-refractivity contribution is -0.361. The van der Waals surface area contributed by atoms with E-state index in [1.165, 1.54) is 12.1 Å². The third-order valence-electron chi connectivity index (χ3n) is 5.20. The van der Waals surface area contributed by atoms with Crippen LogP contribution in [0.15, 0.2) is 79.0 Å². The number of hydrogen-bond donors (Lipinski definition) is 2. The van der Waals surface area contributed by atoms with Gasteiger partial charge in [0, 0.05) is 27.6 Å². The Morgan fingerprint density at radius 2 is 1.68 bits per heavy atom. The lowest BCUT2D eigenvalue weighted by Gasteiger charge is -2.18. The number of nitrogens with one attached hydrogen (secondary N) is 3. The summed E-state index contributed by atoms with van der Waals surface area (Å²) in [6.07, 6.45) is 1.84. The fourth-order valence-corrected chi connectivity index (χ4v) is 4.56. The maximum absolute atomic E-state index is 13.6. The topological polar surface area (TPSA) is 55.3 Å². The lowest BCUT2D eigenvalue weighted by atomic mass is 9.96. The minimum atomic E-state index is -0.287. The maximum atomic E-state index is 13.6. The molecule has 0 bridgehead atoms. The predicted octanol–water partition coefficient (Wildman–Crippen LogP) is 5.77. The number of halogens is 1. The van der Waals surface area contributed by atoms with Gasteiger partial charge >= 0.3 is 0 Å². The molecule has 156 valence electrons. The summed E-state index contributed by atoms with van der Waals surface area (Å²) >= 11 is 1.54. The van der Waals surface area contributed by atoms with Crippen LogP contribution in [0.5, 0.6) is 0 Å². The molecule has 4 nitrogen and oxygen atoms in total. The van der Waals surface area contributed by atoms with Crippen molar-refractivity contribution in [2.24, 2.45) is 0 Å². The molecule has 2 aromatic carbocycles. The van der Waals surface area contributed by atoms with Crippen LogP contribution in [0.25, 0.3) is 0 Å². The maximum Gasteiger partial charge on any atom is 0.272 e. The summed E-state index contributed by atoms with van der Waals surface area (Å²) in [5.41, 5.74) is 3.55. The van der Waals surface area contributed by atoms with Gasteiger partial charge in [0.1, 0.15) is 16.9 Å². The molecule has 2 aromatic heterocycles. The molecule has 0 aliphatic carbocycles. The minimum absolute atomic E-state index is 0.160. The van der Waals surface area contributed by atoms with Gasteiger partial charge in [-0.15, -0.1) is 11.3 Å². The molecule has 0 saturated heterocycles. The van der Waals surface area contributed by atoms with E-state index in [2.05, 4.69) is 15.6 Å². The van der Waals surface area contributed by atoms with Crippen LogP contribution in [-0.2, 0) is 0 Å². The molecule has 4 aromatic rings. The van der Waals surface area contributed by atoms with Gasteiger partial charge in [0.2, 0.25) is 0 Å². The quantitative estimate of drug-likeness (QED) is 0.406. The Hall–Kier alpha value is -3.51. The van der Waals surface area contributed by atoms with E-state index in [-0.39, 0.29) is 17.8 Å². The number of hydrogen-bond acceptors (Lipinski definition) is 3. The summed E-state index contributed by atoms with van der Waals surface area (Å²) in [7, 11) is 0. The zero-order valence-electron chi connectivity index (χ0n) is 17.3. The van der Waals surface area contributed by atoms with Crippen molar-refractivity contribution in [1.29, 1.82) is 0 Å². The van der Waals surface area contributed by atoms with Gasteiger partial charge in [-0.25, -0.2) is 9.37 Å². The molecule has 0 fully saturated rings. The summed E-state index contributed by atoms with van der Waals surface area (Å²) in [4.78, 5) is 17.2. The van der Waals surface area contributed by atoms with Crippen LogP contribution >= 0.6 is 11.3 Å². The first kappa shape index (κ1) is 20.8. The fourth-order valence-electron chi connectivity index (χ4n) is 3.47. The van der Waals surface area contributed by atoms with E-state index < -0.39 is 0 Å². The number of aromatic amines is 1. The molecule has 0 unspecified atom stereocenters. The molecule has 6 heteroatoms. The van der Waals surface area contributed by atoms with E-state index in [4.69, 9.17) is 0 Å². The number of amides is 1. The average molecular weight is 433 g/mol. The van der Waals surface area contributed by atoms with Crippen LogP contribution in [0.2, 0.25) is 0 Å². The largest absolute Gasteiger partial charge is 0.313 e. The lowest BCUT2D eigenvalue weighted by Crippen LogP contribution is -2.21. The highest BCUT2D eigenvalue weighted by molar-refractivity contribution is 7.16. The van der Waals surface area contributed by atoms with Gasteiger partial charge in [0.05, 0.1) is 6.20 Å². The Balaban J connectivity index is 1.77. The van der Waals surface area contributed by atoms with Crippen molar-refractivity contribution < 1.29 is 14.2 Å². The van der Waals surface area contributed by atoms with Gasteiger partial charge in [-0.05, 0) is 49.7 Å². The third-order valence-corrected chi connectivity index (χ3v) is 6.33. The number of thiophene rings is 1. The average Bonchev–Trinajstić information content (AvgIpc) is 3.07. The Morgan fingerprint density at radius 1 is 0.968 bits per heavy atom. The van der Waals surface area contributed by atoms with E-state index in [9.17, 15) is 9.18 Å². The number of carbonyl (C=O) groups excluding carboxylic acids is 1. The van der Waals surface area contributed by atoms with Crippen LogP contribution in [0.1, 0.15) is 38.0 Å². The van der Waals surface area contributed by atoms with Crippen LogP contribution in [0.4, 0.5) is 15.2 Å². The fraction of sp³-hybridized carbons (Fsp3) is 0.120. The minimum Gasteiger partial charge on any atom is -0.313 e. The first-order valence-electron chi connectivity index (χ1n) is 9.98. The molecule has 1 atom stereocenters. The van der Waals surface area contributed by atoms with Gasteiger partial charge in [0.15, 0.2) is 0 Å². The number of aromatic nitrogens is 1. The molecular formula is C25H23FN3OS+. The summed E-state index contributed by atoms with van der Waals surface area (Å²) in [6.45, 7) is 4.09. The highest BCUT2D eigenvalue weighted by Gasteiger charge is 2.28. The number of pyridine rings is 1. The normalized spacial score (nSPS) is 11.7. The predicted molar refractivity (Wildman–Crippen MR) is 123 cm³/mol. The van der Waals surface area contributed by atoms with E-state index >= 15 is 0 Å². The van der Waals surface area contributed by atoms with Crippen molar-refractivity contribution in [3.8, 4) is 0 Å². The van der Waals surface area contributed by atoms with Crippen molar-refractivity contribution in [3.05, 3.63) is 112 Å². The molecule has 3 N–H and O–H groups in total. The summed E-state index contributed by atoms with van der Waals surface area (Å²) in [6, 6.07) is 21.1. The summed E-state index contributed by atoms with van der Waals surface area (Å²) in [5.74, 6) is 0.372. The van der Waals surface area contributed by atoms with Crippen LogP contribution in [-0.4, -0.2) is 5.91 Å². The van der Waals surface area contributed by atoms with Gasteiger partial charge in [-0.1, -0.05) is 36.4 Å². The number of H-pyrrole nitrogens is 1. The van der Waals surface area contributed by atoms with Crippen molar-refractivity contribution in [3.63, 3.8) is 0 Å². The summed E-state index contributed by atoms with van der Waals surface area (Å²) in [5, 5.41) is 7.39. The molecule has 4 rings (SSSR count). The second kappa shape index (κ2) is 9.10. The smallest absolute Gasteiger partial charge is 0.272 e. The first-order chi connectivity index (χ1) is 15.0. The zero-order valence-corrected chi connectivity index (χ0v) is 18.1. The summed E-state index contributed by atoms with van der Waals surface area (Å²) < 4.78 is 13.6. The van der Waals surface area contributed by atoms with E-state index in [1.807, 2.05) is 56.4 Å². The Kier molecular flexibility index (Phi) is 6.09. The van der Waals surface area contributed by atoms with Gasteiger partial charge in [-0.3, -0.25) is 10.1 Å². The van der Waals surface area contributed by atoms with E-state index in [1.54, 1.807) is 35.6 Å².